The third kappa shape index (κ3) is 4.21. The van der Waals surface area contributed by atoms with Crippen LogP contribution >= 0.6 is 7.29 Å². The van der Waals surface area contributed by atoms with E-state index >= 15 is 4.57 Å². The van der Waals surface area contributed by atoms with E-state index in [2.05, 4.69) is 69.8 Å². The van der Waals surface area contributed by atoms with Crippen LogP contribution in [0, 0.1) is 0 Å². The number of hydrogen-bond acceptors (Lipinski definition) is 5. The monoisotopic (exact) mass is 701 g/mol. The van der Waals surface area contributed by atoms with Gasteiger partial charge in [0.15, 0.2) is 11.6 Å². The lowest BCUT2D eigenvalue weighted by Gasteiger charge is -2.22. The number of para-hydroxylation sites is 6. The van der Waals surface area contributed by atoms with Crippen LogP contribution in [0.3, 0.4) is 0 Å². The molecule has 0 saturated carbocycles. The fraction of sp³-hybridized carbons (Fsp3) is 0. The molecule has 0 amide bonds. The molecule has 0 spiro atoms. The molecule has 0 aliphatic heterocycles. The molecule has 11 rings (SSSR count). The van der Waals surface area contributed by atoms with Gasteiger partial charge in [0.2, 0.25) is 0 Å². The molecule has 5 heterocycles. The molecule has 5 aromatic heterocycles. The average Bonchev–Trinajstić information content (AvgIpc) is 3.87. The second-order valence-corrected chi connectivity index (χ2v) is 15.6. The van der Waals surface area contributed by atoms with Gasteiger partial charge in [0, 0.05) is 32.3 Å². The fourth-order valence-corrected chi connectivity index (χ4v) is 10.6. The first-order valence-corrected chi connectivity index (χ1v) is 19.1. The number of hydrogen-bond donors (Lipinski definition) is 0. The van der Waals surface area contributed by atoms with Crippen molar-refractivity contribution in [3.05, 3.63) is 170 Å². The van der Waals surface area contributed by atoms with Crippen LogP contribution in [0.5, 0.6) is 0 Å². The van der Waals surface area contributed by atoms with Crippen molar-refractivity contribution in [3.63, 3.8) is 0 Å². The van der Waals surface area contributed by atoms with E-state index in [0.717, 1.165) is 65.4 Å². The van der Waals surface area contributed by atoms with E-state index in [4.69, 9.17) is 19.9 Å². The third-order valence-corrected chi connectivity index (χ3v) is 13.0. The minimum atomic E-state index is -3.98. The Morgan fingerprint density at radius 2 is 0.642 bits per heavy atom. The first-order valence-electron chi connectivity index (χ1n) is 17.4. The maximum Gasteiger partial charge on any atom is 0.272 e. The zero-order chi connectivity index (χ0) is 35.1. The van der Waals surface area contributed by atoms with Crippen LogP contribution in [0.1, 0.15) is 0 Å². The van der Waals surface area contributed by atoms with Crippen molar-refractivity contribution in [1.82, 2.24) is 33.4 Å². The molecule has 0 radical (unpaired) electrons. The van der Waals surface area contributed by atoms with E-state index in [1.165, 1.54) is 0 Å². The Labute approximate surface area is 302 Å². The summed E-state index contributed by atoms with van der Waals surface area (Å²) >= 11 is 0. The highest BCUT2D eigenvalue weighted by molar-refractivity contribution is 7.77. The van der Waals surface area contributed by atoms with Gasteiger partial charge in [-0.05, 0) is 36.4 Å². The Kier molecular flexibility index (Phi) is 6.36. The van der Waals surface area contributed by atoms with E-state index in [9.17, 15) is 0 Å². The molecule has 250 valence electrons. The SMILES string of the molecule is O=P(c1cncc(-n2c3ccccc3c3ccccc32)n1)(c1cncc(-n2c3ccccc3c3ccccc32)n1)n1c2ccccc2c2ccccc21. The molecule has 0 bridgehead atoms. The van der Waals surface area contributed by atoms with Gasteiger partial charge in [0.1, 0.15) is 10.9 Å². The summed E-state index contributed by atoms with van der Waals surface area (Å²) in [6, 6.07) is 49.2. The molecule has 11 aromatic rings. The first kappa shape index (κ1) is 29.8. The normalized spacial score (nSPS) is 12.2. The molecule has 53 heavy (non-hydrogen) atoms. The Morgan fingerprint density at radius 3 is 0.981 bits per heavy atom. The van der Waals surface area contributed by atoms with Gasteiger partial charge in [-0.2, -0.15) is 0 Å². The molecule has 9 heteroatoms. The summed E-state index contributed by atoms with van der Waals surface area (Å²) in [5, 5.41) is 6.38. The van der Waals surface area contributed by atoms with Crippen LogP contribution in [-0.2, 0) is 4.57 Å². The Balaban J connectivity index is 1.23. The van der Waals surface area contributed by atoms with Gasteiger partial charge < -0.3 is 0 Å². The smallest absolute Gasteiger partial charge is 0.272 e. The van der Waals surface area contributed by atoms with Crippen LogP contribution in [0.2, 0.25) is 0 Å². The van der Waals surface area contributed by atoms with Crippen molar-refractivity contribution in [1.29, 1.82) is 0 Å². The van der Waals surface area contributed by atoms with Crippen molar-refractivity contribution in [2.75, 3.05) is 0 Å². The summed E-state index contributed by atoms with van der Waals surface area (Å²) in [5.41, 5.74) is 6.17. The number of rotatable bonds is 5. The summed E-state index contributed by atoms with van der Waals surface area (Å²) in [5.74, 6) is 1.12. The second kappa shape index (κ2) is 11.3. The standard InChI is InChI=1S/C44H28N7OP/c52-53(51-39-23-11-5-17-33(39)34-18-6-12-24-40(34)51,43-27-45-25-41(47-43)49-35-19-7-1-13-29(35)30-14-2-8-20-36(30)49)44-28-46-26-42(48-44)50-37-21-9-3-15-31(37)32-16-4-10-22-38(32)50/h1-28H. The molecule has 6 aromatic carbocycles. The maximum atomic E-state index is 16.7. The van der Waals surface area contributed by atoms with Crippen molar-refractivity contribution >= 4 is 83.6 Å². The van der Waals surface area contributed by atoms with Crippen LogP contribution in [-0.4, -0.2) is 33.4 Å². The largest absolute Gasteiger partial charge is 0.292 e. The van der Waals surface area contributed by atoms with Crippen LogP contribution in [0.15, 0.2) is 170 Å². The summed E-state index contributed by atoms with van der Waals surface area (Å²) in [7, 11) is -3.98. The summed E-state index contributed by atoms with van der Waals surface area (Å²) in [4.78, 5) is 20.0. The van der Waals surface area contributed by atoms with E-state index in [-0.39, 0.29) is 0 Å². The molecule has 0 aliphatic rings. The number of aromatic nitrogens is 7. The van der Waals surface area contributed by atoms with Gasteiger partial charge in [-0.25, -0.2) is 9.97 Å². The van der Waals surface area contributed by atoms with Gasteiger partial charge in [-0.1, -0.05) is 109 Å². The van der Waals surface area contributed by atoms with Crippen LogP contribution < -0.4 is 10.9 Å². The van der Waals surface area contributed by atoms with E-state index in [1.54, 1.807) is 24.8 Å². The maximum absolute atomic E-state index is 16.7. The van der Waals surface area contributed by atoms with E-state index < -0.39 is 7.29 Å². The molecule has 0 unspecified atom stereocenters. The van der Waals surface area contributed by atoms with E-state index in [0.29, 0.717) is 22.5 Å². The van der Waals surface area contributed by atoms with Gasteiger partial charge in [0.05, 0.1) is 57.9 Å². The molecule has 0 N–H and O–H groups in total. The van der Waals surface area contributed by atoms with Crippen LogP contribution in [0.4, 0.5) is 0 Å². The van der Waals surface area contributed by atoms with Crippen molar-refractivity contribution in [2.24, 2.45) is 0 Å². The van der Waals surface area contributed by atoms with Gasteiger partial charge in [-0.3, -0.25) is 28.0 Å². The summed E-state index contributed by atoms with van der Waals surface area (Å²) < 4.78 is 22.9. The lowest BCUT2D eigenvalue weighted by Crippen LogP contribution is -2.28. The number of nitrogens with zero attached hydrogens (tertiary/aromatic N) is 7. The lowest BCUT2D eigenvalue weighted by atomic mass is 10.2. The zero-order valence-corrected chi connectivity index (χ0v) is 29.0. The molecular weight excluding hydrogens is 674 g/mol. The minimum absolute atomic E-state index is 0.303. The summed E-state index contributed by atoms with van der Waals surface area (Å²) in [6.07, 6.45) is 6.71. The van der Waals surface area contributed by atoms with Crippen molar-refractivity contribution < 1.29 is 4.57 Å². The number of benzene rings is 6. The Bertz CT molecular complexity index is 2980. The zero-order valence-electron chi connectivity index (χ0n) is 28.2. The third-order valence-electron chi connectivity index (χ3n) is 10.3. The molecule has 0 saturated heterocycles. The highest BCUT2D eigenvalue weighted by Crippen LogP contribution is 2.50. The predicted molar refractivity (Wildman–Crippen MR) is 214 cm³/mol. The first-order chi connectivity index (χ1) is 26.2. The van der Waals surface area contributed by atoms with Crippen molar-refractivity contribution in [2.45, 2.75) is 0 Å². The van der Waals surface area contributed by atoms with E-state index in [1.807, 2.05) is 89.3 Å². The van der Waals surface area contributed by atoms with Gasteiger partial charge >= 0.3 is 0 Å². The predicted octanol–water partition coefficient (Wildman–Crippen LogP) is 9.35. The quantitative estimate of drug-likeness (QED) is 0.167. The molecule has 0 atom stereocenters. The fourth-order valence-electron chi connectivity index (χ4n) is 8.07. The van der Waals surface area contributed by atoms with Crippen molar-refractivity contribution in [3.8, 4) is 11.6 Å². The molecule has 8 nitrogen and oxygen atoms in total. The van der Waals surface area contributed by atoms with Gasteiger partial charge in [-0.15, -0.1) is 0 Å². The molecular formula is C44H28N7OP. The lowest BCUT2D eigenvalue weighted by molar-refractivity contribution is 0.582. The Hall–Kier alpha value is -6.89. The topological polar surface area (TPSA) is 83.4 Å². The molecule has 0 aliphatic carbocycles. The van der Waals surface area contributed by atoms with Gasteiger partial charge in [0.25, 0.3) is 7.29 Å². The second-order valence-electron chi connectivity index (χ2n) is 13.1. The Morgan fingerprint density at radius 1 is 0.358 bits per heavy atom. The average molecular weight is 702 g/mol. The summed E-state index contributed by atoms with van der Waals surface area (Å²) in [6.45, 7) is 0. The van der Waals surface area contributed by atoms with Crippen LogP contribution in [0.25, 0.3) is 77.1 Å². The molecule has 0 fully saturated rings. The minimum Gasteiger partial charge on any atom is -0.292 e. The highest BCUT2D eigenvalue weighted by Gasteiger charge is 2.37. The highest BCUT2D eigenvalue weighted by atomic mass is 31.2. The number of fused-ring (bicyclic) bond motifs is 9.